The average molecular weight is 408 g/mol. The molecule has 1 amide bonds. The molecule has 0 unspecified atom stereocenters. The van der Waals surface area contributed by atoms with Crippen LogP contribution in [-0.4, -0.2) is 42.0 Å². The third kappa shape index (κ3) is 3.26. The number of thiazole rings is 1. The Morgan fingerprint density at radius 2 is 1.78 bits per heavy atom. The maximum absolute atomic E-state index is 13.9. The normalized spacial score (nSPS) is 14.8. The summed E-state index contributed by atoms with van der Waals surface area (Å²) in [6.07, 6.45) is 0. The minimum atomic E-state index is -0.832. The number of hydrogen-bond acceptors (Lipinski definition) is 4. The lowest BCUT2D eigenvalue weighted by molar-refractivity contribution is 0.0737. The zero-order valence-corrected chi connectivity index (χ0v) is 16.1. The number of amides is 1. The first kappa shape index (κ1) is 18.1. The molecule has 0 radical (unpaired) electrons. The van der Waals surface area contributed by atoms with Crippen molar-refractivity contribution in [3.8, 4) is 0 Å². The van der Waals surface area contributed by atoms with Gasteiger partial charge in [0.2, 0.25) is 0 Å². The number of aryl methyl sites for hydroxylation is 1. The third-order valence-corrected chi connectivity index (χ3v) is 6.24. The smallest absolute Gasteiger partial charge is 0.259 e. The quantitative estimate of drug-likeness (QED) is 0.627. The fourth-order valence-electron chi connectivity index (χ4n) is 3.19. The summed E-state index contributed by atoms with van der Waals surface area (Å²) in [5.74, 6) is -2.28. The highest BCUT2D eigenvalue weighted by Crippen LogP contribution is 2.34. The molecular weight excluding hydrogens is 392 g/mol. The van der Waals surface area contributed by atoms with E-state index in [0.717, 1.165) is 33.0 Å². The Bertz CT molecular complexity index is 1010. The molecular formula is C19H16ClF2N3OS. The van der Waals surface area contributed by atoms with Crippen LogP contribution in [0.3, 0.4) is 0 Å². The summed E-state index contributed by atoms with van der Waals surface area (Å²) in [6, 6.07) is 7.26. The Kier molecular flexibility index (Phi) is 4.74. The van der Waals surface area contributed by atoms with Crippen LogP contribution in [0.1, 0.15) is 15.9 Å². The maximum Gasteiger partial charge on any atom is 0.259 e. The molecule has 1 fully saturated rings. The van der Waals surface area contributed by atoms with Gasteiger partial charge in [-0.05, 0) is 36.8 Å². The van der Waals surface area contributed by atoms with E-state index in [0.29, 0.717) is 31.2 Å². The summed E-state index contributed by atoms with van der Waals surface area (Å²) in [5.41, 5.74) is 1.34. The molecule has 8 heteroatoms. The van der Waals surface area contributed by atoms with Crippen LogP contribution in [0.25, 0.3) is 10.2 Å². The number of anilines is 1. The monoisotopic (exact) mass is 407 g/mol. The van der Waals surface area contributed by atoms with E-state index >= 15 is 0 Å². The lowest BCUT2D eigenvalue weighted by atomic mass is 10.1. The molecule has 1 aliphatic rings. The standard InChI is InChI=1S/C19H16ClF2N3OS/c1-11-12(20)5-6-15-17(11)23-19(27-15)25-9-7-24(8-10-25)18(26)16-13(21)3-2-4-14(16)22/h2-6H,7-10H2,1H3. The van der Waals surface area contributed by atoms with Crippen molar-refractivity contribution in [2.24, 2.45) is 0 Å². The fraction of sp³-hybridized carbons (Fsp3) is 0.263. The Labute approximate surface area is 164 Å². The van der Waals surface area contributed by atoms with Crippen LogP contribution >= 0.6 is 22.9 Å². The van der Waals surface area contributed by atoms with Gasteiger partial charge in [-0.25, -0.2) is 13.8 Å². The lowest BCUT2D eigenvalue weighted by Crippen LogP contribution is -2.49. The van der Waals surface area contributed by atoms with Gasteiger partial charge in [-0.3, -0.25) is 4.79 Å². The molecule has 4 nitrogen and oxygen atoms in total. The van der Waals surface area contributed by atoms with Crippen LogP contribution in [0.2, 0.25) is 5.02 Å². The SMILES string of the molecule is Cc1c(Cl)ccc2sc(N3CCN(C(=O)c4c(F)cccc4F)CC3)nc12. The van der Waals surface area contributed by atoms with Crippen LogP contribution in [0.5, 0.6) is 0 Å². The largest absolute Gasteiger partial charge is 0.345 e. The van der Waals surface area contributed by atoms with Gasteiger partial charge in [0, 0.05) is 31.2 Å². The van der Waals surface area contributed by atoms with Crippen molar-refractivity contribution in [1.82, 2.24) is 9.88 Å². The summed E-state index contributed by atoms with van der Waals surface area (Å²) in [5, 5.41) is 1.54. The Hall–Kier alpha value is -2.25. The number of rotatable bonds is 2. The van der Waals surface area contributed by atoms with E-state index < -0.39 is 23.1 Å². The van der Waals surface area contributed by atoms with Crippen molar-refractivity contribution < 1.29 is 13.6 Å². The molecule has 4 rings (SSSR count). The van der Waals surface area contributed by atoms with Gasteiger partial charge >= 0.3 is 0 Å². The zero-order chi connectivity index (χ0) is 19.1. The summed E-state index contributed by atoms with van der Waals surface area (Å²) in [7, 11) is 0. The van der Waals surface area contributed by atoms with E-state index in [9.17, 15) is 13.6 Å². The topological polar surface area (TPSA) is 36.4 Å². The predicted molar refractivity (Wildman–Crippen MR) is 104 cm³/mol. The average Bonchev–Trinajstić information content (AvgIpc) is 3.10. The Morgan fingerprint density at radius 3 is 2.44 bits per heavy atom. The molecule has 1 aliphatic heterocycles. The molecule has 2 aromatic carbocycles. The highest BCUT2D eigenvalue weighted by Gasteiger charge is 2.27. The summed E-state index contributed by atoms with van der Waals surface area (Å²) in [6.45, 7) is 3.79. The minimum Gasteiger partial charge on any atom is -0.345 e. The van der Waals surface area contributed by atoms with Crippen LogP contribution in [-0.2, 0) is 0 Å². The van der Waals surface area contributed by atoms with Crippen molar-refractivity contribution in [2.75, 3.05) is 31.1 Å². The second-order valence-electron chi connectivity index (χ2n) is 6.39. The van der Waals surface area contributed by atoms with Crippen molar-refractivity contribution in [1.29, 1.82) is 0 Å². The number of aromatic nitrogens is 1. The highest BCUT2D eigenvalue weighted by molar-refractivity contribution is 7.22. The van der Waals surface area contributed by atoms with E-state index in [1.54, 1.807) is 11.3 Å². The zero-order valence-electron chi connectivity index (χ0n) is 14.5. The third-order valence-electron chi connectivity index (χ3n) is 4.75. The van der Waals surface area contributed by atoms with E-state index in [4.69, 9.17) is 11.6 Å². The number of benzene rings is 2. The first-order valence-corrected chi connectivity index (χ1v) is 9.69. The van der Waals surface area contributed by atoms with Crippen LogP contribution in [0, 0.1) is 18.6 Å². The van der Waals surface area contributed by atoms with E-state index in [1.165, 1.54) is 11.0 Å². The van der Waals surface area contributed by atoms with Crippen molar-refractivity contribution >= 4 is 44.2 Å². The van der Waals surface area contributed by atoms with Gasteiger partial charge in [-0.1, -0.05) is 29.0 Å². The Morgan fingerprint density at radius 1 is 1.11 bits per heavy atom. The number of carbonyl (C=O) groups is 1. The van der Waals surface area contributed by atoms with Crippen LogP contribution in [0.15, 0.2) is 30.3 Å². The first-order valence-electron chi connectivity index (χ1n) is 8.49. The summed E-state index contributed by atoms with van der Waals surface area (Å²) < 4.78 is 28.8. The first-order chi connectivity index (χ1) is 13.0. The van der Waals surface area contributed by atoms with Gasteiger partial charge in [-0.2, -0.15) is 0 Å². The van der Waals surface area contributed by atoms with Gasteiger partial charge in [0.15, 0.2) is 5.13 Å². The number of hydrogen-bond donors (Lipinski definition) is 0. The molecule has 2 heterocycles. The van der Waals surface area contributed by atoms with Crippen molar-refractivity contribution in [3.05, 3.63) is 58.1 Å². The van der Waals surface area contributed by atoms with Crippen LogP contribution < -0.4 is 4.90 Å². The Balaban J connectivity index is 1.51. The molecule has 0 saturated carbocycles. The minimum absolute atomic E-state index is 0.377. The predicted octanol–water partition coefficient (Wildman–Crippen LogP) is 4.50. The number of carbonyl (C=O) groups excluding carboxylic acids is 1. The van der Waals surface area contributed by atoms with Crippen LogP contribution in [0.4, 0.5) is 13.9 Å². The van der Waals surface area contributed by atoms with E-state index in [1.807, 2.05) is 19.1 Å². The lowest BCUT2D eigenvalue weighted by Gasteiger charge is -2.34. The highest BCUT2D eigenvalue weighted by atomic mass is 35.5. The molecule has 1 aromatic heterocycles. The molecule has 140 valence electrons. The molecule has 0 atom stereocenters. The van der Waals surface area contributed by atoms with Gasteiger partial charge in [-0.15, -0.1) is 0 Å². The van der Waals surface area contributed by atoms with E-state index in [-0.39, 0.29) is 0 Å². The van der Waals surface area contributed by atoms with Gasteiger partial charge < -0.3 is 9.80 Å². The van der Waals surface area contributed by atoms with Crippen molar-refractivity contribution in [2.45, 2.75) is 6.92 Å². The second kappa shape index (κ2) is 7.05. The summed E-state index contributed by atoms with van der Waals surface area (Å²) >= 11 is 7.74. The maximum atomic E-state index is 13.9. The molecule has 0 N–H and O–H groups in total. The second-order valence-corrected chi connectivity index (χ2v) is 7.81. The van der Waals surface area contributed by atoms with Crippen molar-refractivity contribution in [3.63, 3.8) is 0 Å². The number of halogens is 3. The van der Waals surface area contributed by atoms with Gasteiger partial charge in [0.05, 0.1) is 10.2 Å². The number of piperazine rings is 1. The molecule has 1 saturated heterocycles. The molecule has 27 heavy (non-hydrogen) atoms. The molecule has 0 bridgehead atoms. The number of nitrogens with zero attached hydrogens (tertiary/aromatic N) is 3. The molecule has 3 aromatic rings. The number of fused-ring (bicyclic) bond motifs is 1. The summed E-state index contributed by atoms with van der Waals surface area (Å²) in [4.78, 5) is 20.8. The van der Waals surface area contributed by atoms with E-state index in [2.05, 4.69) is 9.88 Å². The fourth-order valence-corrected chi connectivity index (χ4v) is 4.41. The molecule has 0 spiro atoms. The van der Waals surface area contributed by atoms with Gasteiger partial charge in [0.1, 0.15) is 17.2 Å². The van der Waals surface area contributed by atoms with Gasteiger partial charge in [0.25, 0.3) is 5.91 Å². The molecule has 0 aliphatic carbocycles.